The van der Waals surface area contributed by atoms with Crippen LogP contribution in [0.2, 0.25) is 0 Å². The van der Waals surface area contributed by atoms with Crippen LogP contribution < -0.4 is 0 Å². The van der Waals surface area contributed by atoms with Gasteiger partial charge in [-0.3, -0.25) is 9.59 Å². The number of aliphatic hydroxyl groups is 2. The van der Waals surface area contributed by atoms with E-state index in [2.05, 4.69) is 0 Å². The Balaban J connectivity index is 2.51. The zero-order valence-corrected chi connectivity index (χ0v) is 11.5. The second-order valence-electron chi connectivity index (χ2n) is 4.85. The quantitative estimate of drug-likeness (QED) is 0.867. The highest BCUT2D eigenvalue weighted by molar-refractivity contribution is 6.08. The van der Waals surface area contributed by atoms with Gasteiger partial charge in [0.2, 0.25) is 0 Å². The van der Waals surface area contributed by atoms with Crippen LogP contribution in [-0.4, -0.2) is 40.0 Å². The molecule has 2 N–H and O–H groups in total. The summed E-state index contributed by atoms with van der Waals surface area (Å²) in [6, 6.07) is 6.76. The number of β-amino-alcohol motifs (C(OH)–C–C–N with tert-alkyl or cyclic N) is 1. The third-order valence-corrected chi connectivity index (χ3v) is 3.42. The van der Waals surface area contributed by atoms with Crippen LogP contribution in [0.5, 0.6) is 0 Å². The molecule has 0 aromatic heterocycles. The highest BCUT2D eigenvalue weighted by Gasteiger charge is 2.41. The largest absolute Gasteiger partial charge is 0.503 e. The smallest absolute Gasteiger partial charge is 0.290 e. The van der Waals surface area contributed by atoms with Gasteiger partial charge in [0, 0.05) is 6.54 Å². The molecule has 0 fully saturated rings. The van der Waals surface area contributed by atoms with Gasteiger partial charge in [-0.05, 0) is 19.4 Å². The molecule has 1 aromatic carbocycles. The standard InChI is InChI=1S/C15H17NO4/c1-9-3-5-11(6-4-9)13-12(10(2)18)14(19)15(20)16(13)7-8-17/h3-6,13,17,19H,7-8H2,1-2H3/t13-/m1/s1. The van der Waals surface area contributed by atoms with E-state index in [-0.39, 0.29) is 24.5 Å². The molecule has 0 aliphatic carbocycles. The van der Waals surface area contributed by atoms with Crippen molar-refractivity contribution in [3.63, 3.8) is 0 Å². The SMILES string of the molecule is CC(=O)C1=C(O)C(=O)N(CCO)[C@@H]1c1ccc(C)cc1. The van der Waals surface area contributed by atoms with Gasteiger partial charge in [0.25, 0.3) is 5.91 Å². The minimum absolute atomic E-state index is 0.0677. The monoisotopic (exact) mass is 275 g/mol. The Hall–Kier alpha value is -2.14. The van der Waals surface area contributed by atoms with Gasteiger partial charge in [-0.2, -0.15) is 0 Å². The predicted octanol–water partition coefficient (Wildman–Crippen LogP) is 1.27. The average Bonchev–Trinajstić information content (AvgIpc) is 2.65. The van der Waals surface area contributed by atoms with Gasteiger partial charge in [0.1, 0.15) is 0 Å². The molecule has 1 aromatic rings. The van der Waals surface area contributed by atoms with Crippen molar-refractivity contribution in [2.75, 3.05) is 13.2 Å². The van der Waals surface area contributed by atoms with Crippen LogP contribution in [0.4, 0.5) is 0 Å². The van der Waals surface area contributed by atoms with E-state index in [9.17, 15) is 14.7 Å². The molecule has 1 aliphatic rings. The first-order valence-corrected chi connectivity index (χ1v) is 6.39. The molecule has 1 aliphatic heterocycles. The summed E-state index contributed by atoms with van der Waals surface area (Å²) in [4.78, 5) is 25.1. The van der Waals surface area contributed by atoms with Crippen molar-refractivity contribution < 1.29 is 19.8 Å². The summed E-state index contributed by atoms with van der Waals surface area (Å²) in [6.45, 7) is 3.10. The van der Waals surface area contributed by atoms with Crippen LogP contribution in [0, 0.1) is 6.92 Å². The second-order valence-corrected chi connectivity index (χ2v) is 4.85. The molecule has 1 amide bonds. The molecule has 20 heavy (non-hydrogen) atoms. The fraction of sp³-hybridized carbons (Fsp3) is 0.333. The Bertz CT molecular complexity index is 574. The predicted molar refractivity (Wildman–Crippen MR) is 73.1 cm³/mol. The topological polar surface area (TPSA) is 77.8 Å². The highest BCUT2D eigenvalue weighted by Crippen LogP contribution is 2.37. The molecule has 0 saturated carbocycles. The molecule has 106 valence electrons. The van der Waals surface area contributed by atoms with Crippen LogP contribution in [0.25, 0.3) is 0 Å². The zero-order chi connectivity index (χ0) is 14.9. The van der Waals surface area contributed by atoms with Crippen molar-refractivity contribution in [3.05, 3.63) is 46.7 Å². The first kappa shape index (κ1) is 14.3. The maximum absolute atomic E-state index is 12.0. The lowest BCUT2D eigenvalue weighted by Crippen LogP contribution is -2.33. The molecular formula is C15H17NO4. The summed E-state index contributed by atoms with van der Waals surface area (Å²) in [6.07, 6.45) is 0. The first-order chi connectivity index (χ1) is 9.47. The average molecular weight is 275 g/mol. The van der Waals surface area contributed by atoms with E-state index < -0.39 is 17.7 Å². The zero-order valence-electron chi connectivity index (χ0n) is 11.5. The Morgan fingerprint density at radius 2 is 1.90 bits per heavy atom. The number of hydrogen-bond donors (Lipinski definition) is 2. The molecule has 5 nitrogen and oxygen atoms in total. The van der Waals surface area contributed by atoms with Crippen molar-refractivity contribution in [2.24, 2.45) is 0 Å². The Morgan fingerprint density at radius 1 is 1.30 bits per heavy atom. The molecule has 0 bridgehead atoms. The van der Waals surface area contributed by atoms with Crippen molar-refractivity contribution >= 4 is 11.7 Å². The van der Waals surface area contributed by atoms with Gasteiger partial charge in [0.05, 0.1) is 18.2 Å². The lowest BCUT2D eigenvalue weighted by Gasteiger charge is -2.25. The molecule has 0 unspecified atom stereocenters. The maximum atomic E-state index is 12.0. The summed E-state index contributed by atoms with van der Waals surface area (Å²) in [5, 5.41) is 19.0. The number of hydrogen-bond acceptors (Lipinski definition) is 4. The lowest BCUT2D eigenvalue weighted by molar-refractivity contribution is -0.129. The van der Waals surface area contributed by atoms with Crippen molar-refractivity contribution in [1.29, 1.82) is 0 Å². The molecule has 0 radical (unpaired) electrons. The van der Waals surface area contributed by atoms with Crippen LogP contribution in [0.15, 0.2) is 35.6 Å². The van der Waals surface area contributed by atoms with Crippen molar-refractivity contribution in [2.45, 2.75) is 19.9 Å². The normalized spacial score (nSPS) is 18.9. The van der Waals surface area contributed by atoms with Gasteiger partial charge in [-0.15, -0.1) is 0 Å². The molecule has 1 heterocycles. The fourth-order valence-corrected chi connectivity index (χ4v) is 2.45. The lowest BCUT2D eigenvalue weighted by atomic mass is 9.96. The Morgan fingerprint density at radius 3 is 2.40 bits per heavy atom. The number of rotatable bonds is 4. The second kappa shape index (κ2) is 5.46. The summed E-state index contributed by atoms with van der Waals surface area (Å²) in [5.74, 6) is -1.48. The molecular weight excluding hydrogens is 258 g/mol. The van der Waals surface area contributed by atoms with Crippen molar-refractivity contribution in [3.8, 4) is 0 Å². The number of Topliss-reactive ketones (excluding diaryl/α,β-unsaturated/α-hetero) is 1. The number of carbonyl (C=O) groups excluding carboxylic acids is 2. The van der Waals surface area contributed by atoms with Gasteiger partial charge < -0.3 is 15.1 Å². The summed E-state index contributed by atoms with van der Waals surface area (Å²) in [5.41, 5.74) is 1.89. The van der Waals surface area contributed by atoms with Gasteiger partial charge in [-0.25, -0.2) is 0 Å². The van der Waals surface area contributed by atoms with Gasteiger partial charge >= 0.3 is 0 Å². The summed E-state index contributed by atoms with van der Waals surface area (Å²) >= 11 is 0. The fourth-order valence-electron chi connectivity index (χ4n) is 2.45. The minimum Gasteiger partial charge on any atom is -0.503 e. The number of ketones is 1. The van der Waals surface area contributed by atoms with E-state index in [1.807, 2.05) is 31.2 Å². The van der Waals surface area contributed by atoms with Gasteiger partial charge in [-0.1, -0.05) is 29.8 Å². The molecule has 1 atom stereocenters. The number of nitrogens with zero attached hydrogens (tertiary/aromatic N) is 1. The number of carbonyl (C=O) groups is 2. The third kappa shape index (κ3) is 2.32. The van der Waals surface area contributed by atoms with Crippen LogP contribution in [0.3, 0.4) is 0 Å². The van der Waals surface area contributed by atoms with E-state index >= 15 is 0 Å². The van der Waals surface area contributed by atoms with E-state index in [4.69, 9.17) is 5.11 Å². The first-order valence-electron chi connectivity index (χ1n) is 6.39. The maximum Gasteiger partial charge on any atom is 0.290 e. The van der Waals surface area contributed by atoms with E-state index in [1.54, 1.807) is 0 Å². The summed E-state index contributed by atoms with van der Waals surface area (Å²) in [7, 11) is 0. The van der Waals surface area contributed by atoms with Crippen LogP contribution >= 0.6 is 0 Å². The number of aliphatic hydroxyl groups excluding tert-OH is 2. The van der Waals surface area contributed by atoms with Gasteiger partial charge in [0.15, 0.2) is 11.5 Å². The van der Waals surface area contributed by atoms with E-state index in [0.717, 1.165) is 11.1 Å². The minimum atomic E-state index is -0.632. The number of amides is 1. The van der Waals surface area contributed by atoms with Crippen LogP contribution in [-0.2, 0) is 9.59 Å². The van der Waals surface area contributed by atoms with Crippen LogP contribution in [0.1, 0.15) is 24.1 Å². The van der Waals surface area contributed by atoms with Crippen molar-refractivity contribution in [1.82, 2.24) is 4.90 Å². The van der Waals surface area contributed by atoms with E-state index in [0.29, 0.717) is 0 Å². The Labute approximate surface area is 117 Å². The molecule has 5 heteroatoms. The highest BCUT2D eigenvalue weighted by atomic mass is 16.3. The number of aryl methyl sites for hydroxylation is 1. The Kier molecular flexibility index (Phi) is 3.90. The third-order valence-electron chi connectivity index (χ3n) is 3.42. The molecule has 0 saturated heterocycles. The molecule has 0 spiro atoms. The number of benzene rings is 1. The molecule has 2 rings (SSSR count). The van der Waals surface area contributed by atoms with E-state index in [1.165, 1.54) is 11.8 Å². The summed E-state index contributed by atoms with van der Waals surface area (Å²) < 4.78 is 0.